The van der Waals surface area contributed by atoms with Gasteiger partial charge in [-0.25, -0.2) is 15.0 Å². The standard InChI is InChI=1S/C9H14N6/c1-6-14-7-8(11-4-3-10)12-5-13-9(7)15(6)2/h5H,3-4,10H2,1-2H3,(H,11,12,13). The molecule has 0 saturated heterocycles. The van der Waals surface area contributed by atoms with E-state index in [0.717, 1.165) is 22.8 Å². The topological polar surface area (TPSA) is 81.7 Å². The van der Waals surface area contributed by atoms with E-state index in [1.165, 1.54) is 6.33 Å². The molecule has 0 saturated carbocycles. The Balaban J connectivity index is 2.51. The number of fused-ring (bicyclic) bond motifs is 1. The molecule has 2 rings (SSSR count). The molecule has 0 radical (unpaired) electrons. The molecule has 80 valence electrons. The van der Waals surface area contributed by atoms with Gasteiger partial charge in [0, 0.05) is 20.1 Å². The molecule has 0 amide bonds. The van der Waals surface area contributed by atoms with E-state index in [2.05, 4.69) is 20.3 Å². The van der Waals surface area contributed by atoms with Gasteiger partial charge in [-0.1, -0.05) is 0 Å². The van der Waals surface area contributed by atoms with Crippen LogP contribution in [0.25, 0.3) is 11.2 Å². The Hall–Kier alpha value is -1.69. The second-order valence-electron chi connectivity index (χ2n) is 3.33. The molecule has 0 fully saturated rings. The quantitative estimate of drug-likeness (QED) is 0.741. The zero-order chi connectivity index (χ0) is 10.8. The van der Waals surface area contributed by atoms with Gasteiger partial charge in [-0.15, -0.1) is 0 Å². The summed E-state index contributed by atoms with van der Waals surface area (Å²) in [7, 11) is 1.93. The minimum Gasteiger partial charge on any atom is -0.367 e. The van der Waals surface area contributed by atoms with Gasteiger partial charge < -0.3 is 15.6 Å². The number of imidazole rings is 1. The van der Waals surface area contributed by atoms with Crippen molar-refractivity contribution in [1.82, 2.24) is 19.5 Å². The number of anilines is 1. The van der Waals surface area contributed by atoms with Gasteiger partial charge in [0.25, 0.3) is 0 Å². The van der Waals surface area contributed by atoms with Crippen LogP contribution in [0.5, 0.6) is 0 Å². The summed E-state index contributed by atoms with van der Waals surface area (Å²) in [4.78, 5) is 12.7. The Labute approximate surface area is 87.5 Å². The Kier molecular flexibility index (Phi) is 2.51. The Bertz CT molecular complexity index is 475. The van der Waals surface area contributed by atoms with Crippen LogP contribution in [-0.4, -0.2) is 32.6 Å². The van der Waals surface area contributed by atoms with Gasteiger partial charge in [0.15, 0.2) is 17.0 Å². The van der Waals surface area contributed by atoms with Crippen LogP contribution >= 0.6 is 0 Å². The SMILES string of the molecule is Cc1nc2c(NCCN)ncnc2n1C. The van der Waals surface area contributed by atoms with E-state index in [0.29, 0.717) is 13.1 Å². The number of hydrogen-bond acceptors (Lipinski definition) is 5. The first kappa shape index (κ1) is 9.85. The van der Waals surface area contributed by atoms with Gasteiger partial charge in [0.2, 0.25) is 0 Å². The van der Waals surface area contributed by atoms with Crippen LogP contribution in [-0.2, 0) is 7.05 Å². The van der Waals surface area contributed by atoms with Gasteiger partial charge in [-0.3, -0.25) is 0 Å². The van der Waals surface area contributed by atoms with Crippen molar-refractivity contribution >= 4 is 17.0 Å². The summed E-state index contributed by atoms with van der Waals surface area (Å²) in [6.45, 7) is 3.19. The molecule has 2 heterocycles. The van der Waals surface area contributed by atoms with Crippen molar-refractivity contribution in [1.29, 1.82) is 0 Å². The molecule has 2 aromatic heterocycles. The number of aryl methyl sites for hydroxylation is 2. The van der Waals surface area contributed by atoms with Crippen molar-refractivity contribution in [3.8, 4) is 0 Å². The maximum atomic E-state index is 5.42. The predicted octanol–water partition coefficient (Wildman–Crippen LogP) is 0.0423. The second kappa shape index (κ2) is 3.82. The van der Waals surface area contributed by atoms with E-state index in [4.69, 9.17) is 5.73 Å². The lowest BCUT2D eigenvalue weighted by molar-refractivity contribution is 0.872. The molecule has 6 heteroatoms. The van der Waals surface area contributed by atoms with Gasteiger partial charge in [-0.05, 0) is 6.92 Å². The highest BCUT2D eigenvalue weighted by atomic mass is 15.1. The van der Waals surface area contributed by atoms with Crippen LogP contribution in [0.3, 0.4) is 0 Å². The first-order valence-electron chi connectivity index (χ1n) is 4.82. The zero-order valence-corrected chi connectivity index (χ0v) is 8.86. The minimum absolute atomic E-state index is 0.567. The van der Waals surface area contributed by atoms with Crippen LogP contribution in [0.4, 0.5) is 5.82 Å². The molecule has 0 aliphatic rings. The molecular weight excluding hydrogens is 192 g/mol. The molecule has 0 unspecified atom stereocenters. The highest BCUT2D eigenvalue weighted by Gasteiger charge is 2.09. The summed E-state index contributed by atoms with van der Waals surface area (Å²) in [5.74, 6) is 1.66. The van der Waals surface area contributed by atoms with Crippen LogP contribution in [0.2, 0.25) is 0 Å². The van der Waals surface area contributed by atoms with Crippen LogP contribution < -0.4 is 11.1 Å². The smallest absolute Gasteiger partial charge is 0.165 e. The van der Waals surface area contributed by atoms with E-state index >= 15 is 0 Å². The molecule has 0 aliphatic carbocycles. The van der Waals surface area contributed by atoms with Crippen molar-refractivity contribution in [3.63, 3.8) is 0 Å². The van der Waals surface area contributed by atoms with E-state index in [-0.39, 0.29) is 0 Å². The molecular formula is C9H14N6. The fraction of sp³-hybridized carbons (Fsp3) is 0.444. The number of hydrogen-bond donors (Lipinski definition) is 2. The molecule has 6 nitrogen and oxygen atoms in total. The highest BCUT2D eigenvalue weighted by Crippen LogP contribution is 2.17. The lowest BCUT2D eigenvalue weighted by atomic mass is 10.5. The van der Waals surface area contributed by atoms with Gasteiger partial charge in [-0.2, -0.15) is 0 Å². The maximum absolute atomic E-state index is 5.42. The third kappa shape index (κ3) is 1.63. The molecule has 0 aliphatic heterocycles. The number of nitrogens with zero attached hydrogens (tertiary/aromatic N) is 4. The molecule has 0 bridgehead atoms. The molecule has 0 atom stereocenters. The average Bonchev–Trinajstić information content (AvgIpc) is 2.53. The Morgan fingerprint density at radius 3 is 3.00 bits per heavy atom. The van der Waals surface area contributed by atoms with Crippen molar-refractivity contribution in [3.05, 3.63) is 12.2 Å². The van der Waals surface area contributed by atoms with Crippen LogP contribution in [0.15, 0.2) is 6.33 Å². The van der Waals surface area contributed by atoms with Crippen molar-refractivity contribution in [2.24, 2.45) is 12.8 Å². The minimum atomic E-state index is 0.567. The molecule has 2 aromatic rings. The molecule has 3 N–H and O–H groups in total. The summed E-state index contributed by atoms with van der Waals surface area (Å²) in [6, 6.07) is 0. The van der Waals surface area contributed by atoms with Gasteiger partial charge in [0.05, 0.1) is 0 Å². The van der Waals surface area contributed by atoms with E-state index in [1.807, 2.05) is 18.5 Å². The van der Waals surface area contributed by atoms with E-state index in [1.54, 1.807) is 0 Å². The number of aromatic nitrogens is 4. The zero-order valence-electron chi connectivity index (χ0n) is 8.86. The van der Waals surface area contributed by atoms with E-state index in [9.17, 15) is 0 Å². The van der Waals surface area contributed by atoms with Crippen molar-refractivity contribution in [2.45, 2.75) is 6.92 Å². The summed E-state index contributed by atoms with van der Waals surface area (Å²) in [6.07, 6.45) is 1.53. The first-order valence-corrected chi connectivity index (χ1v) is 4.82. The van der Waals surface area contributed by atoms with Gasteiger partial charge >= 0.3 is 0 Å². The number of rotatable bonds is 3. The highest BCUT2D eigenvalue weighted by molar-refractivity contribution is 5.83. The molecule has 0 aromatic carbocycles. The molecule has 15 heavy (non-hydrogen) atoms. The Morgan fingerprint density at radius 2 is 2.27 bits per heavy atom. The lowest BCUT2D eigenvalue weighted by Crippen LogP contribution is -2.14. The largest absolute Gasteiger partial charge is 0.367 e. The Morgan fingerprint density at radius 1 is 1.47 bits per heavy atom. The predicted molar refractivity (Wildman–Crippen MR) is 58.6 cm³/mol. The van der Waals surface area contributed by atoms with Crippen molar-refractivity contribution < 1.29 is 0 Å². The maximum Gasteiger partial charge on any atom is 0.165 e. The lowest BCUT2D eigenvalue weighted by Gasteiger charge is -2.03. The monoisotopic (exact) mass is 206 g/mol. The molecule has 0 spiro atoms. The fourth-order valence-electron chi connectivity index (χ4n) is 1.43. The fourth-order valence-corrected chi connectivity index (χ4v) is 1.43. The number of nitrogens with one attached hydrogen (secondary N) is 1. The summed E-state index contributed by atoms with van der Waals surface area (Å²) in [5, 5.41) is 3.13. The van der Waals surface area contributed by atoms with Crippen molar-refractivity contribution in [2.75, 3.05) is 18.4 Å². The van der Waals surface area contributed by atoms with Crippen LogP contribution in [0, 0.1) is 6.92 Å². The van der Waals surface area contributed by atoms with Crippen LogP contribution in [0.1, 0.15) is 5.82 Å². The number of nitrogens with two attached hydrogens (primary N) is 1. The van der Waals surface area contributed by atoms with E-state index < -0.39 is 0 Å². The summed E-state index contributed by atoms with van der Waals surface area (Å²) < 4.78 is 1.94. The third-order valence-electron chi connectivity index (χ3n) is 2.32. The third-order valence-corrected chi connectivity index (χ3v) is 2.32. The summed E-state index contributed by atoms with van der Waals surface area (Å²) in [5.41, 5.74) is 7.06. The second-order valence-corrected chi connectivity index (χ2v) is 3.33. The summed E-state index contributed by atoms with van der Waals surface area (Å²) >= 11 is 0. The normalized spacial score (nSPS) is 10.9. The average molecular weight is 206 g/mol. The first-order chi connectivity index (χ1) is 7.24. The van der Waals surface area contributed by atoms with Gasteiger partial charge in [0.1, 0.15) is 12.2 Å².